The maximum atomic E-state index is 12.3. The van der Waals surface area contributed by atoms with Crippen molar-refractivity contribution in [2.24, 2.45) is 5.41 Å². The molecule has 3 nitrogen and oxygen atoms in total. The average molecular weight is 255 g/mol. The Bertz CT molecular complexity index is 464. The van der Waals surface area contributed by atoms with Gasteiger partial charge in [-0.3, -0.25) is 4.79 Å². The molecular weight excluding hydrogens is 240 g/mol. The first-order chi connectivity index (χ1) is 8.04. The summed E-state index contributed by atoms with van der Waals surface area (Å²) in [5, 5.41) is 9.83. The number of rotatable bonds is 4. The van der Waals surface area contributed by atoms with Gasteiger partial charge >= 0.3 is 0 Å². The molecule has 0 aromatic heterocycles. The third-order valence-corrected chi connectivity index (χ3v) is 3.77. The molecule has 1 aliphatic carbocycles. The average Bonchev–Trinajstić information content (AvgIpc) is 3.12. The molecular formula is C13H15ClO3. The maximum Gasteiger partial charge on any atom is 0.175 e. The summed E-state index contributed by atoms with van der Waals surface area (Å²) < 4.78 is 5.21. The molecule has 0 spiro atoms. The minimum absolute atomic E-state index is 0.0706. The molecule has 2 rings (SSSR count). The number of aliphatic hydroxyl groups excluding tert-OH is 1. The van der Waals surface area contributed by atoms with Crippen molar-refractivity contribution in [2.75, 3.05) is 13.7 Å². The molecule has 1 aliphatic rings. The summed E-state index contributed by atoms with van der Waals surface area (Å²) >= 11 is 6.03. The number of aliphatic hydroxyl groups is 1. The van der Waals surface area contributed by atoms with E-state index in [4.69, 9.17) is 16.3 Å². The van der Waals surface area contributed by atoms with E-state index >= 15 is 0 Å². The number of ether oxygens (including phenoxy) is 1. The summed E-state index contributed by atoms with van der Waals surface area (Å²) in [4.78, 5) is 12.3. The van der Waals surface area contributed by atoms with Crippen molar-refractivity contribution in [1.29, 1.82) is 0 Å². The standard InChI is InChI=1S/C13H15ClO3/c1-8-5-11(17-2)9(6-10(8)14)12(16)13(7-15)3-4-13/h5-6,15H,3-4,7H2,1-2H3. The van der Waals surface area contributed by atoms with Gasteiger partial charge in [-0.25, -0.2) is 0 Å². The van der Waals surface area contributed by atoms with Crippen molar-refractivity contribution in [2.45, 2.75) is 19.8 Å². The Hall–Kier alpha value is -1.06. The first-order valence-corrected chi connectivity index (χ1v) is 5.92. The molecule has 0 atom stereocenters. The van der Waals surface area contributed by atoms with E-state index in [0.29, 0.717) is 16.3 Å². The summed E-state index contributed by atoms with van der Waals surface area (Å²) in [6.45, 7) is 1.75. The highest BCUT2D eigenvalue weighted by molar-refractivity contribution is 6.32. The van der Waals surface area contributed by atoms with Crippen LogP contribution < -0.4 is 4.74 Å². The topological polar surface area (TPSA) is 46.5 Å². The number of carbonyl (C=O) groups is 1. The molecule has 0 amide bonds. The van der Waals surface area contributed by atoms with E-state index in [9.17, 15) is 9.90 Å². The second-order valence-corrected chi connectivity index (χ2v) is 4.98. The highest BCUT2D eigenvalue weighted by Gasteiger charge is 2.50. The fraction of sp³-hybridized carbons (Fsp3) is 0.462. The van der Waals surface area contributed by atoms with E-state index in [1.807, 2.05) is 6.92 Å². The van der Waals surface area contributed by atoms with E-state index in [0.717, 1.165) is 18.4 Å². The number of benzene rings is 1. The predicted octanol–water partition coefficient (Wildman–Crippen LogP) is 2.61. The molecule has 0 saturated heterocycles. The smallest absolute Gasteiger partial charge is 0.175 e. The van der Waals surface area contributed by atoms with Crippen LogP contribution in [0.5, 0.6) is 5.75 Å². The fourth-order valence-electron chi connectivity index (χ4n) is 1.89. The van der Waals surface area contributed by atoms with Crippen LogP contribution in [0, 0.1) is 12.3 Å². The number of halogens is 1. The highest BCUT2D eigenvalue weighted by atomic mass is 35.5. The van der Waals surface area contributed by atoms with Crippen molar-refractivity contribution < 1.29 is 14.6 Å². The van der Waals surface area contributed by atoms with Crippen LogP contribution in [0.4, 0.5) is 0 Å². The summed E-state index contributed by atoms with van der Waals surface area (Å²) in [5.41, 5.74) is 0.745. The van der Waals surface area contributed by atoms with Gasteiger partial charge in [-0.2, -0.15) is 0 Å². The van der Waals surface area contributed by atoms with Crippen molar-refractivity contribution >= 4 is 17.4 Å². The third kappa shape index (κ3) is 2.05. The number of hydrogen-bond acceptors (Lipinski definition) is 3. The Morgan fingerprint density at radius 3 is 2.65 bits per heavy atom. The van der Waals surface area contributed by atoms with Crippen molar-refractivity contribution in [1.82, 2.24) is 0 Å². The predicted molar refractivity (Wildman–Crippen MR) is 65.8 cm³/mol. The first kappa shape index (κ1) is 12.4. The molecule has 0 unspecified atom stereocenters. The van der Waals surface area contributed by atoms with Crippen molar-refractivity contribution in [3.63, 3.8) is 0 Å². The quantitative estimate of drug-likeness (QED) is 0.841. The van der Waals surface area contributed by atoms with E-state index in [1.54, 1.807) is 12.1 Å². The van der Waals surface area contributed by atoms with E-state index < -0.39 is 5.41 Å². The van der Waals surface area contributed by atoms with Gasteiger partial charge in [0, 0.05) is 5.02 Å². The minimum atomic E-state index is -0.591. The van der Waals surface area contributed by atoms with Gasteiger partial charge in [0.2, 0.25) is 0 Å². The Kier molecular flexibility index (Phi) is 3.15. The number of Topliss-reactive ketones (excluding diaryl/α,β-unsaturated/α-hetero) is 1. The Morgan fingerprint density at radius 1 is 1.53 bits per heavy atom. The maximum absolute atomic E-state index is 12.3. The molecule has 0 aliphatic heterocycles. The molecule has 17 heavy (non-hydrogen) atoms. The van der Waals surface area contributed by atoms with Gasteiger partial charge in [-0.05, 0) is 37.5 Å². The lowest BCUT2D eigenvalue weighted by Gasteiger charge is -2.14. The molecule has 0 radical (unpaired) electrons. The molecule has 0 bridgehead atoms. The van der Waals surface area contributed by atoms with Crippen LogP contribution in [-0.2, 0) is 0 Å². The normalized spacial score (nSPS) is 16.7. The molecule has 1 fully saturated rings. The third-order valence-electron chi connectivity index (χ3n) is 3.36. The lowest BCUT2D eigenvalue weighted by Crippen LogP contribution is -2.20. The van der Waals surface area contributed by atoms with Crippen LogP contribution in [0.1, 0.15) is 28.8 Å². The van der Waals surface area contributed by atoms with Crippen molar-refractivity contribution in [3.05, 3.63) is 28.3 Å². The Morgan fingerprint density at radius 2 is 2.18 bits per heavy atom. The zero-order chi connectivity index (χ0) is 12.6. The van der Waals surface area contributed by atoms with E-state index in [2.05, 4.69) is 0 Å². The molecule has 1 aromatic rings. The summed E-state index contributed by atoms with van der Waals surface area (Å²) in [6, 6.07) is 3.39. The zero-order valence-electron chi connectivity index (χ0n) is 9.92. The minimum Gasteiger partial charge on any atom is -0.496 e. The summed E-state index contributed by atoms with van der Waals surface area (Å²) in [6.07, 6.45) is 1.47. The van der Waals surface area contributed by atoms with Gasteiger partial charge in [-0.1, -0.05) is 11.6 Å². The SMILES string of the molecule is COc1cc(C)c(Cl)cc1C(=O)C1(CO)CC1. The molecule has 4 heteroatoms. The number of carbonyl (C=O) groups excluding carboxylic acids is 1. The van der Waals surface area contributed by atoms with Crippen LogP contribution >= 0.6 is 11.6 Å². The van der Waals surface area contributed by atoms with E-state index in [1.165, 1.54) is 7.11 Å². The van der Waals surface area contributed by atoms with Gasteiger partial charge < -0.3 is 9.84 Å². The molecule has 1 aromatic carbocycles. The van der Waals surface area contributed by atoms with Gasteiger partial charge in [-0.15, -0.1) is 0 Å². The zero-order valence-corrected chi connectivity index (χ0v) is 10.7. The molecule has 92 valence electrons. The lowest BCUT2D eigenvalue weighted by molar-refractivity contribution is 0.0826. The highest BCUT2D eigenvalue weighted by Crippen LogP contribution is 2.49. The van der Waals surface area contributed by atoms with Crippen LogP contribution in [0.15, 0.2) is 12.1 Å². The second-order valence-electron chi connectivity index (χ2n) is 4.57. The summed E-state index contributed by atoms with van der Waals surface area (Å²) in [5.74, 6) is 0.454. The lowest BCUT2D eigenvalue weighted by atomic mass is 9.94. The van der Waals surface area contributed by atoms with Crippen LogP contribution in [0.25, 0.3) is 0 Å². The van der Waals surface area contributed by atoms with Gasteiger partial charge in [0.15, 0.2) is 5.78 Å². The number of ketones is 1. The number of methoxy groups -OCH3 is 1. The van der Waals surface area contributed by atoms with Gasteiger partial charge in [0.1, 0.15) is 5.75 Å². The summed E-state index contributed by atoms with van der Waals surface area (Å²) in [7, 11) is 1.53. The Balaban J connectivity index is 2.44. The number of aryl methyl sites for hydroxylation is 1. The van der Waals surface area contributed by atoms with Gasteiger partial charge in [0.25, 0.3) is 0 Å². The van der Waals surface area contributed by atoms with Crippen LogP contribution in [0.2, 0.25) is 5.02 Å². The second kappa shape index (κ2) is 4.31. The number of hydrogen-bond donors (Lipinski definition) is 1. The van der Waals surface area contributed by atoms with Crippen LogP contribution in [-0.4, -0.2) is 24.6 Å². The fourth-order valence-corrected chi connectivity index (χ4v) is 2.06. The monoisotopic (exact) mass is 254 g/mol. The Labute approximate surface area is 105 Å². The first-order valence-electron chi connectivity index (χ1n) is 5.54. The largest absolute Gasteiger partial charge is 0.496 e. The molecule has 1 N–H and O–H groups in total. The molecule has 1 saturated carbocycles. The van der Waals surface area contributed by atoms with E-state index in [-0.39, 0.29) is 12.4 Å². The van der Waals surface area contributed by atoms with Crippen LogP contribution in [0.3, 0.4) is 0 Å². The van der Waals surface area contributed by atoms with Gasteiger partial charge in [0.05, 0.1) is 24.7 Å². The van der Waals surface area contributed by atoms with Crippen molar-refractivity contribution in [3.8, 4) is 5.75 Å². The molecule has 0 heterocycles.